The topological polar surface area (TPSA) is 50.1 Å². The van der Waals surface area contributed by atoms with E-state index in [1.807, 2.05) is 17.9 Å². The Morgan fingerprint density at radius 2 is 2.25 bits per heavy atom. The normalized spacial score (nSPS) is 25.7. The van der Waals surface area contributed by atoms with E-state index in [-0.39, 0.29) is 12.1 Å². The molecule has 1 aromatic rings. The van der Waals surface area contributed by atoms with Crippen molar-refractivity contribution < 1.29 is 5.11 Å². The first-order valence-electron chi connectivity index (χ1n) is 6.18. The van der Waals surface area contributed by atoms with Crippen LogP contribution in [0.15, 0.2) is 6.20 Å². The van der Waals surface area contributed by atoms with Gasteiger partial charge in [-0.1, -0.05) is 19.8 Å². The summed E-state index contributed by atoms with van der Waals surface area (Å²) in [5.74, 6) is 0. The fourth-order valence-electron chi connectivity index (χ4n) is 2.40. The molecule has 1 saturated carbocycles. The molecular formula is C12H21N3O. The highest BCUT2D eigenvalue weighted by atomic mass is 16.3. The summed E-state index contributed by atoms with van der Waals surface area (Å²) in [4.78, 5) is 0. The lowest BCUT2D eigenvalue weighted by molar-refractivity contribution is 0.116. The number of aliphatic hydroxyl groups is 1. The standard InChI is InChI=1S/C12H21N3O/c1-3-9-11(8-15(2)14-9)13-10-6-4-5-7-12(10)16/h8,10,12-13,16H,3-7H2,1-2H3/t10-,12-/m1/s1. The number of nitrogens with one attached hydrogen (secondary N) is 1. The minimum atomic E-state index is -0.210. The fraction of sp³-hybridized carbons (Fsp3) is 0.750. The predicted octanol–water partition coefficient (Wildman–Crippen LogP) is 1.70. The molecule has 0 spiro atoms. The van der Waals surface area contributed by atoms with Crippen LogP contribution in [-0.2, 0) is 13.5 Å². The van der Waals surface area contributed by atoms with Crippen molar-refractivity contribution in [3.05, 3.63) is 11.9 Å². The highest BCUT2D eigenvalue weighted by Crippen LogP contribution is 2.23. The molecule has 0 saturated heterocycles. The van der Waals surface area contributed by atoms with E-state index >= 15 is 0 Å². The molecule has 1 heterocycles. The van der Waals surface area contributed by atoms with Gasteiger partial charge in [0.05, 0.1) is 23.5 Å². The highest BCUT2D eigenvalue weighted by Gasteiger charge is 2.23. The summed E-state index contributed by atoms with van der Waals surface area (Å²) in [5.41, 5.74) is 2.16. The van der Waals surface area contributed by atoms with Crippen molar-refractivity contribution in [3.63, 3.8) is 0 Å². The van der Waals surface area contributed by atoms with Crippen molar-refractivity contribution >= 4 is 5.69 Å². The van der Waals surface area contributed by atoms with E-state index in [9.17, 15) is 5.11 Å². The number of nitrogens with zero attached hydrogens (tertiary/aromatic N) is 2. The number of anilines is 1. The number of hydrogen-bond donors (Lipinski definition) is 2. The molecule has 16 heavy (non-hydrogen) atoms. The van der Waals surface area contributed by atoms with Gasteiger partial charge in [-0.3, -0.25) is 4.68 Å². The van der Waals surface area contributed by atoms with Gasteiger partial charge in [-0.25, -0.2) is 0 Å². The number of hydrogen-bond acceptors (Lipinski definition) is 3. The summed E-state index contributed by atoms with van der Waals surface area (Å²) in [6.45, 7) is 2.10. The maximum absolute atomic E-state index is 9.91. The summed E-state index contributed by atoms with van der Waals surface area (Å²) >= 11 is 0. The van der Waals surface area contributed by atoms with Gasteiger partial charge in [0.15, 0.2) is 0 Å². The first-order chi connectivity index (χ1) is 7.70. The zero-order valence-electron chi connectivity index (χ0n) is 10.1. The van der Waals surface area contributed by atoms with Gasteiger partial charge >= 0.3 is 0 Å². The lowest BCUT2D eigenvalue weighted by Crippen LogP contribution is -2.36. The molecule has 2 atom stereocenters. The van der Waals surface area contributed by atoms with Gasteiger partial charge in [-0.15, -0.1) is 0 Å². The van der Waals surface area contributed by atoms with Crippen molar-refractivity contribution in [2.24, 2.45) is 7.05 Å². The summed E-state index contributed by atoms with van der Waals surface area (Å²) in [6, 6.07) is 0.197. The van der Waals surface area contributed by atoms with Crippen LogP contribution >= 0.6 is 0 Å². The van der Waals surface area contributed by atoms with E-state index in [2.05, 4.69) is 17.3 Å². The van der Waals surface area contributed by atoms with Crippen molar-refractivity contribution in [3.8, 4) is 0 Å². The lowest BCUT2D eigenvalue weighted by atomic mass is 9.92. The molecule has 90 valence electrons. The third-order valence-corrected chi connectivity index (χ3v) is 3.31. The molecule has 0 aromatic carbocycles. The molecule has 1 fully saturated rings. The van der Waals surface area contributed by atoms with Crippen LogP contribution in [-0.4, -0.2) is 27.0 Å². The van der Waals surface area contributed by atoms with Crippen LogP contribution in [0, 0.1) is 0 Å². The Kier molecular flexibility index (Phi) is 3.49. The van der Waals surface area contributed by atoms with Gasteiger partial charge in [0.25, 0.3) is 0 Å². The van der Waals surface area contributed by atoms with Crippen LogP contribution in [0.5, 0.6) is 0 Å². The molecule has 2 rings (SSSR count). The average molecular weight is 223 g/mol. The monoisotopic (exact) mass is 223 g/mol. The van der Waals surface area contributed by atoms with E-state index in [1.165, 1.54) is 6.42 Å². The molecule has 4 nitrogen and oxygen atoms in total. The maximum atomic E-state index is 9.91. The number of aromatic nitrogens is 2. The zero-order chi connectivity index (χ0) is 11.5. The van der Waals surface area contributed by atoms with Crippen LogP contribution in [0.25, 0.3) is 0 Å². The molecule has 2 N–H and O–H groups in total. The average Bonchev–Trinajstić information content (AvgIpc) is 2.62. The van der Waals surface area contributed by atoms with Gasteiger partial charge in [-0.2, -0.15) is 5.10 Å². The van der Waals surface area contributed by atoms with Crippen LogP contribution in [0.2, 0.25) is 0 Å². The van der Waals surface area contributed by atoms with Crippen molar-refractivity contribution in [1.82, 2.24) is 9.78 Å². The lowest BCUT2D eigenvalue weighted by Gasteiger charge is -2.28. The molecule has 1 aromatic heterocycles. The van der Waals surface area contributed by atoms with Crippen molar-refractivity contribution in [1.29, 1.82) is 0 Å². The first kappa shape index (κ1) is 11.5. The maximum Gasteiger partial charge on any atom is 0.0853 e. The summed E-state index contributed by atoms with van der Waals surface area (Å²) in [6.07, 6.45) is 7.03. The number of rotatable bonds is 3. The van der Waals surface area contributed by atoms with E-state index in [4.69, 9.17) is 0 Å². The third-order valence-electron chi connectivity index (χ3n) is 3.31. The first-order valence-corrected chi connectivity index (χ1v) is 6.18. The number of aliphatic hydroxyl groups excluding tert-OH is 1. The van der Waals surface area contributed by atoms with Crippen LogP contribution in [0.3, 0.4) is 0 Å². The molecular weight excluding hydrogens is 202 g/mol. The molecule has 4 heteroatoms. The van der Waals surface area contributed by atoms with E-state index < -0.39 is 0 Å². The Bertz CT molecular complexity index is 348. The molecule has 1 aliphatic carbocycles. The van der Waals surface area contributed by atoms with Gasteiger partial charge in [0.1, 0.15) is 0 Å². The quantitative estimate of drug-likeness (QED) is 0.820. The SMILES string of the molecule is CCc1nn(C)cc1N[C@@H]1CCCC[C@H]1O. The Labute approximate surface area is 96.7 Å². The third kappa shape index (κ3) is 2.38. The largest absolute Gasteiger partial charge is 0.391 e. The minimum Gasteiger partial charge on any atom is -0.391 e. The highest BCUT2D eigenvalue weighted by molar-refractivity contribution is 5.47. The smallest absolute Gasteiger partial charge is 0.0853 e. The van der Waals surface area contributed by atoms with Crippen LogP contribution in [0.4, 0.5) is 5.69 Å². The Balaban J connectivity index is 2.06. The summed E-state index contributed by atoms with van der Waals surface area (Å²) in [5, 5.41) is 17.7. The second-order valence-corrected chi connectivity index (χ2v) is 4.62. The Hall–Kier alpha value is -1.03. The second-order valence-electron chi connectivity index (χ2n) is 4.62. The second kappa shape index (κ2) is 4.87. The van der Waals surface area contributed by atoms with E-state index in [1.54, 1.807) is 0 Å². The Morgan fingerprint density at radius 3 is 2.94 bits per heavy atom. The summed E-state index contributed by atoms with van der Waals surface area (Å²) < 4.78 is 1.83. The predicted molar refractivity (Wildman–Crippen MR) is 64.5 cm³/mol. The molecule has 0 unspecified atom stereocenters. The molecule has 1 aliphatic rings. The van der Waals surface area contributed by atoms with Crippen LogP contribution < -0.4 is 5.32 Å². The molecule has 0 bridgehead atoms. The van der Waals surface area contributed by atoms with Crippen molar-refractivity contribution in [2.75, 3.05) is 5.32 Å². The molecule has 0 radical (unpaired) electrons. The van der Waals surface area contributed by atoms with Gasteiger partial charge in [0, 0.05) is 13.2 Å². The fourth-order valence-corrected chi connectivity index (χ4v) is 2.40. The zero-order valence-corrected chi connectivity index (χ0v) is 10.1. The van der Waals surface area contributed by atoms with E-state index in [0.717, 1.165) is 37.1 Å². The minimum absolute atomic E-state index is 0.197. The molecule has 0 aliphatic heterocycles. The Morgan fingerprint density at radius 1 is 1.50 bits per heavy atom. The van der Waals surface area contributed by atoms with Crippen molar-refractivity contribution in [2.45, 2.75) is 51.2 Å². The van der Waals surface area contributed by atoms with Crippen LogP contribution in [0.1, 0.15) is 38.3 Å². The summed E-state index contributed by atoms with van der Waals surface area (Å²) in [7, 11) is 1.93. The van der Waals surface area contributed by atoms with Gasteiger partial charge in [-0.05, 0) is 19.3 Å². The van der Waals surface area contributed by atoms with Gasteiger partial charge in [0.2, 0.25) is 0 Å². The molecule has 0 amide bonds. The number of aryl methyl sites for hydroxylation is 2. The van der Waals surface area contributed by atoms with Gasteiger partial charge < -0.3 is 10.4 Å². The van der Waals surface area contributed by atoms with E-state index in [0.29, 0.717) is 0 Å².